The zero-order valence-corrected chi connectivity index (χ0v) is 16.2. The molecule has 4 nitrogen and oxygen atoms in total. The van der Waals surface area contributed by atoms with E-state index in [4.69, 9.17) is 11.6 Å². The van der Waals surface area contributed by atoms with Crippen molar-refractivity contribution in [1.82, 2.24) is 4.31 Å². The van der Waals surface area contributed by atoms with Crippen LogP contribution in [0.15, 0.2) is 40.6 Å². The highest BCUT2D eigenvalue weighted by atomic mass is 35.5. The summed E-state index contributed by atoms with van der Waals surface area (Å²) in [5.41, 5.74) is 2.52. The normalized spacial score (nSPS) is 16.8. The van der Waals surface area contributed by atoms with Gasteiger partial charge in [-0.25, -0.2) is 8.42 Å². The summed E-state index contributed by atoms with van der Waals surface area (Å²) < 4.78 is 27.7. The predicted molar refractivity (Wildman–Crippen MR) is 101 cm³/mol. The van der Waals surface area contributed by atoms with Crippen LogP contribution in [0.1, 0.15) is 25.3 Å². The second kappa shape index (κ2) is 7.04. The highest BCUT2D eigenvalue weighted by Crippen LogP contribution is 2.31. The van der Waals surface area contributed by atoms with Crippen LogP contribution >= 0.6 is 22.9 Å². The second-order valence-corrected chi connectivity index (χ2v) is 10.0. The van der Waals surface area contributed by atoms with Gasteiger partial charge in [0, 0.05) is 31.9 Å². The van der Waals surface area contributed by atoms with Crippen molar-refractivity contribution >= 4 is 38.6 Å². The minimum atomic E-state index is -3.43. The van der Waals surface area contributed by atoms with Gasteiger partial charge >= 0.3 is 0 Å². The van der Waals surface area contributed by atoms with E-state index in [0.717, 1.165) is 11.3 Å². The summed E-state index contributed by atoms with van der Waals surface area (Å²) in [5.74, 6) is 0.441. The molecule has 0 spiro atoms. The quantitative estimate of drug-likeness (QED) is 0.798. The van der Waals surface area contributed by atoms with Crippen LogP contribution in [-0.4, -0.2) is 38.9 Å². The van der Waals surface area contributed by atoms with E-state index in [1.807, 2.05) is 6.07 Å². The molecule has 0 saturated carbocycles. The van der Waals surface area contributed by atoms with Crippen molar-refractivity contribution in [2.45, 2.75) is 24.0 Å². The SMILES string of the molecule is CC(C)c1ccccc1N1CCN(S(=O)(=O)c2ccc(Cl)s2)CC1. The van der Waals surface area contributed by atoms with Gasteiger partial charge in [-0.05, 0) is 29.7 Å². The minimum Gasteiger partial charge on any atom is -0.369 e. The summed E-state index contributed by atoms with van der Waals surface area (Å²) in [6, 6.07) is 11.6. The maximum absolute atomic E-state index is 12.7. The Labute approximate surface area is 152 Å². The number of anilines is 1. The third kappa shape index (κ3) is 3.47. The van der Waals surface area contributed by atoms with E-state index in [0.29, 0.717) is 40.6 Å². The molecule has 130 valence electrons. The fourth-order valence-corrected chi connectivity index (χ4v) is 6.06. The Hall–Kier alpha value is -1.08. The van der Waals surface area contributed by atoms with Gasteiger partial charge in [0.1, 0.15) is 4.21 Å². The van der Waals surface area contributed by atoms with Crippen molar-refractivity contribution in [3.05, 3.63) is 46.3 Å². The molecule has 1 aliphatic heterocycles. The number of rotatable bonds is 4. The van der Waals surface area contributed by atoms with Gasteiger partial charge in [-0.1, -0.05) is 43.6 Å². The van der Waals surface area contributed by atoms with Crippen molar-refractivity contribution < 1.29 is 8.42 Å². The number of benzene rings is 1. The monoisotopic (exact) mass is 384 g/mol. The molecule has 0 radical (unpaired) electrons. The number of halogens is 1. The maximum atomic E-state index is 12.7. The topological polar surface area (TPSA) is 40.6 Å². The summed E-state index contributed by atoms with van der Waals surface area (Å²) in [5, 5.41) is 0. The molecule has 0 amide bonds. The standard InChI is InChI=1S/C17H21ClN2O2S2/c1-13(2)14-5-3-4-6-15(14)19-9-11-20(12-10-19)24(21,22)17-8-7-16(18)23-17/h3-8,13H,9-12H2,1-2H3. The van der Waals surface area contributed by atoms with Crippen LogP contribution in [-0.2, 0) is 10.0 Å². The highest BCUT2D eigenvalue weighted by molar-refractivity contribution is 7.91. The number of piperazine rings is 1. The van der Waals surface area contributed by atoms with Gasteiger partial charge in [-0.2, -0.15) is 4.31 Å². The molecular weight excluding hydrogens is 364 g/mol. The lowest BCUT2D eigenvalue weighted by Crippen LogP contribution is -2.48. The Kier molecular flexibility index (Phi) is 5.20. The lowest BCUT2D eigenvalue weighted by molar-refractivity contribution is 0.385. The van der Waals surface area contributed by atoms with Crippen LogP contribution in [0.25, 0.3) is 0 Å². The van der Waals surface area contributed by atoms with Crippen LogP contribution in [0.5, 0.6) is 0 Å². The van der Waals surface area contributed by atoms with Crippen molar-refractivity contribution in [2.24, 2.45) is 0 Å². The predicted octanol–water partition coefficient (Wildman–Crippen LogP) is 4.04. The molecule has 1 saturated heterocycles. The Morgan fingerprint density at radius 1 is 1.04 bits per heavy atom. The van der Waals surface area contributed by atoms with Crippen LogP contribution in [0.2, 0.25) is 4.34 Å². The van der Waals surface area contributed by atoms with Gasteiger partial charge in [-0.15, -0.1) is 11.3 Å². The fraction of sp³-hybridized carbons (Fsp3) is 0.412. The molecule has 7 heteroatoms. The number of sulfonamides is 1. The zero-order valence-electron chi connectivity index (χ0n) is 13.8. The minimum absolute atomic E-state index is 0.323. The number of thiophene rings is 1. The third-order valence-electron chi connectivity index (χ3n) is 4.28. The molecule has 0 atom stereocenters. The van der Waals surface area contributed by atoms with Crippen molar-refractivity contribution in [3.63, 3.8) is 0 Å². The van der Waals surface area contributed by atoms with E-state index in [1.165, 1.54) is 11.3 Å². The highest BCUT2D eigenvalue weighted by Gasteiger charge is 2.30. The summed E-state index contributed by atoms with van der Waals surface area (Å²) >= 11 is 7.00. The average Bonchev–Trinajstić information content (AvgIpc) is 3.02. The fourth-order valence-electron chi connectivity index (χ4n) is 3.00. The number of nitrogens with zero attached hydrogens (tertiary/aromatic N) is 2. The number of para-hydroxylation sites is 1. The van der Waals surface area contributed by atoms with Gasteiger partial charge in [-0.3, -0.25) is 0 Å². The van der Waals surface area contributed by atoms with Crippen LogP contribution in [0.3, 0.4) is 0 Å². The summed E-state index contributed by atoms with van der Waals surface area (Å²) in [6.45, 7) is 6.73. The molecule has 0 N–H and O–H groups in total. The first kappa shape index (κ1) is 17.7. The third-order valence-corrected chi connectivity index (χ3v) is 7.88. The molecule has 1 aromatic heterocycles. The Balaban J connectivity index is 1.75. The Morgan fingerprint density at radius 3 is 2.29 bits per heavy atom. The molecule has 0 aliphatic carbocycles. The smallest absolute Gasteiger partial charge is 0.252 e. The summed E-state index contributed by atoms with van der Waals surface area (Å²) in [4.78, 5) is 2.28. The number of hydrogen-bond acceptors (Lipinski definition) is 4. The second-order valence-electron chi connectivity index (χ2n) is 6.16. The molecule has 0 bridgehead atoms. The molecular formula is C17H21ClN2O2S2. The van der Waals surface area contributed by atoms with E-state index in [1.54, 1.807) is 16.4 Å². The summed E-state index contributed by atoms with van der Waals surface area (Å²) in [6.07, 6.45) is 0. The van der Waals surface area contributed by atoms with Gasteiger partial charge in [0.25, 0.3) is 10.0 Å². The zero-order chi connectivity index (χ0) is 17.3. The van der Waals surface area contributed by atoms with Gasteiger partial charge in [0.2, 0.25) is 0 Å². The first-order valence-electron chi connectivity index (χ1n) is 7.99. The molecule has 0 unspecified atom stereocenters. The molecule has 2 aromatic rings. The van der Waals surface area contributed by atoms with Crippen LogP contribution in [0, 0.1) is 0 Å². The van der Waals surface area contributed by atoms with Crippen LogP contribution in [0.4, 0.5) is 5.69 Å². The number of hydrogen-bond donors (Lipinski definition) is 0. The lowest BCUT2D eigenvalue weighted by Gasteiger charge is -2.36. The maximum Gasteiger partial charge on any atom is 0.252 e. The molecule has 24 heavy (non-hydrogen) atoms. The van der Waals surface area contributed by atoms with E-state index in [9.17, 15) is 8.42 Å². The molecule has 3 rings (SSSR count). The Morgan fingerprint density at radius 2 is 1.71 bits per heavy atom. The average molecular weight is 385 g/mol. The summed E-state index contributed by atoms with van der Waals surface area (Å²) in [7, 11) is -3.43. The molecule has 2 heterocycles. The molecule has 1 aliphatic rings. The van der Waals surface area contributed by atoms with Crippen molar-refractivity contribution in [3.8, 4) is 0 Å². The van der Waals surface area contributed by atoms with E-state index < -0.39 is 10.0 Å². The van der Waals surface area contributed by atoms with Crippen molar-refractivity contribution in [2.75, 3.05) is 31.1 Å². The van der Waals surface area contributed by atoms with E-state index in [2.05, 4.69) is 36.9 Å². The Bertz CT molecular complexity index is 810. The van der Waals surface area contributed by atoms with Gasteiger partial charge < -0.3 is 4.90 Å². The lowest BCUT2D eigenvalue weighted by atomic mass is 10.00. The molecule has 1 fully saturated rings. The van der Waals surface area contributed by atoms with Gasteiger partial charge in [0.05, 0.1) is 4.34 Å². The largest absolute Gasteiger partial charge is 0.369 e. The first-order chi connectivity index (χ1) is 11.4. The van der Waals surface area contributed by atoms with Gasteiger partial charge in [0.15, 0.2) is 0 Å². The first-order valence-corrected chi connectivity index (χ1v) is 10.6. The van der Waals surface area contributed by atoms with Crippen molar-refractivity contribution in [1.29, 1.82) is 0 Å². The van der Waals surface area contributed by atoms with E-state index >= 15 is 0 Å². The van der Waals surface area contributed by atoms with E-state index in [-0.39, 0.29) is 0 Å². The molecule has 1 aromatic carbocycles. The van der Waals surface area contributed by atoms with Crippen LogP contribution < -0.4 is 4.90 Å².